The number of thiophene rings is 1. The van der Waals surface area contributed by atoms with Crippen LogP contribution in [0.25, 0.3) is 0 Å². The van der Waals surface area contributed by atoms with Crippen LogP contribution in [0.2, 0.25) is 0 Å². The number of aryl methyl sites for hydroxylation is 1. The van der Waals surface area contributed by atoms with E-state index in [4.69, 9.17) is 9.47 Å². The second kappa shape index (κ2) is 8.81. The number of esters is 2. The minimum atomic E-state index is -0.589. The standard InChI is InChI=1S/C20H23NO5S/c1-6-25-19(23)15-13(5)16(20(24)26-11(2)3)27-18(15)21-17(22)14-9-7-12(4)8-10-14/h7-11H,6H2,1-5H3,(H,21,22). The Morgan fingerprint density at radius 3 is 2.26 bits per heavy atom. The summed E-state index contributed by atoms with van der Waals surface area (Å²) in [5, 5.41) is 3.00. The minimum absolute atomic E-state index is 0.179. The van der Waals surface area contributed by atoms with Crippen LogP contribution in [0.5, 0.6) is 0 Å². The van der Waals surface area contributed by atoms with Gasteiger partial charge in [-0.2, -0.15) is 0 Å². The smallest absolute Gasteiger partial charge is 0.348 e. The molecule has 1 aromatic heterocycles. The van der Waals surface area contributed by atoms with Gasteiger partial charge in [-0.15, -0.1) is 11.3 Å². The van der Waals surface area contributed by atoms with Crippen LogP contribution in [0.3, 0.4) is 0 Å². The third-order valence-electron chi connectivity index (χ3n) is 3.70. The molecule has 2 aromatic rings. The van der Waals surface area contributed by atoms with Crippen molar-refractivity contribution in [1.82, 2.24) is 0 Å². The summed E-state index contributed by atoms with van der Waals surface area (Å²) in [6.07, 6.45) is -0.296. The van der Waals surface area contributed by atoms with Crippen molar-refractivity contribution >= 4 is 34.2 Å². The second-order valence-electron chi connectivity index (χ2n) is 6.25. The van der Waals surface area contributed by atoms with Crippen LogP contribution < -0.4 is 5.32 Å². The Balaban J connectivity index is 2.40. The average Bonchev–Trinajstić information content (AvgIpc) is 2.91. The SMILES string of the molecule is CCOC(=O)c1c(NC(=O)c2ccc(C)cc2)sc(C(=O)OC(C)C)c1C. The summed E-state index contributed by atoms with van der Waals surface area (Å²) in [5.74, 6) is -1.49. The number of hydrogen-bond donors (Lipinski definition) is 1. The van der Waals surface area contributed by atoms with Gasteiger partial charge < -0.3 is 14.8 Å². The molecule has 2 rings (SSSR count). The van der Waals surface area contributed by atoms with E-state index in [1.54, 1.807) is 39.8 Å². The lowest BCUT2D eigenvalue weighted by atomic mass is 10.1. The zero-order valence-electron chi connectivity index (χ0n) is 16.0. The first-order valence-corrected chi connectivity index (χ1v) is 9.45. The molecule has 0 radical (unpaired) electrons. The molecule has 144 valence electrons. The van der Waals surface area contributed by atoms with Gasteiger partial charge in [0.25, 0.3) is 5.91 Å². The van der Waals surface area contributed by atoms with E-state index in [2.05, 4.69) is 5.32 Å². The van der Waals surface area contributed by atoms with Gasteiger partial charge in [-0.25, -0.2) is 9.59 Å². The highest BCUT2D eigenvalue weighted by molar-refractivity contribution is 7.18. The number of nitrogens with one attached hydrogen (secondary N) is 1. The summed E-state index contributed by atoms with van der Waals surface area (Å²) >= 11 is 1.01. The number of hydrogen-bond acceptors (Lipinski definition) is 6. The summed E-state index contributed by atoms with van der Waals surface area (Å²) in [7, 11) is 0. The highest BCUT2D eigenvalue weighted by atomic mass is 32.1. The van der Waals surface area contributed by atoms with Crippen LogP contribution in [0.4, 0.5) is 5.00 Å². The molecule has 0 fully saturated rings. The number of ether oxygens (including phenoxy) is 2. The van der Waals surface area contributed by atoms with E-state index in [-0.39, 0.29) is 34.1 Å². The number of carbonyl (C=O) groups excluding carboxylic acids is 3. The third-order valence-corrected chi connectivity index (χ3v) is 4.88. The molecule has 0 aliphatic rings. The number of rotatable bonds is 6. The van der Waals surface area contributed by atoms with E-state index in [1.165, 1.54) is 0 Å². The van der Waals surface area contributed by atoms with E-state index < -0.39 is 11.9 Å². The highest BCUT2D eigenvalue weighted by Crippen LogP contribution is 2.34. The zero-order chi connectivity index (χ0) is 20.1. The molecule has 0 spiro atoms. The maximum Gasteiger partial charge on any atom is 0.348 e. The quantitative estimate of drug-likeness (QED) is 0.743. The van der Waals surface area contributed by atoms with E-state index in [0.717, 1.165) is 16.9 Å². The van der Waals surface area contributed by atoms with Crippen molar-refractivity contribution in [2.45, 2.75) is 40.7 Å². The Kier molecular flexibility index (Phi) is 6.74. The van der Waals surface area contributed by atoms with Gasteiger partial charge in [0, 0.05) is 5.56 Å². The van der Waals surface area contributed by atoms with Crippen LogP contribution in [0, 0.1) is 13.8 Å². The summed E-state index contributed by atoms with van der Waals surface area (Å²) in [6, 6.07) is 7.05. The van der Waals surface area contributed by atoms with Crippen LogP contribution >= 0.6 is 11.3 Å². The van der Waals surface area contributed by atoms with Crippen molar-refractivity contribution in [1.29, 1.82) is 0 Å². The Bertz CT molecular complexity index is 852. The van der Waals surface area contributed by atoms with Crippen molar-refractivity contribution in [3.63, 3.8) is 0 Å². The fourth-order valence-electron chi connectivity index (χ4n) is 2.39. The van der Waals surface area contributed by atoms with Crippen molar-refractivity contribution in [2.75, 3.05) is 11.9 Å². The fraction of sp³-hybridized carbons (Fsp3) is 0.350. The van der Waals surface area contributed by atoms with Gasteiger partial charge in [0.2, 0.25) is 0 Å². The van der Waals surface area contributed by atoms with E-state index >= 15 is 0 Å². The highest BCUT2D eigenvalue weighted by Gasteiger charge is 2.28. The van der Waals surface area contributed by atoms with Gasteiger partial charge in [-0.1, -0.05) is 17.7 Å². The molecule has 0 saturated carbocycles. The molecule has 1 aromatic carbocycles. The summed E-state index contributed by atoms with van der Waals surface area (Å²) in [5.41, 5.74) is 2.10. The predicted molar refractivity (Wildman–Crippen MR) is 105 cm³/mol. The van der Waals surface area contributed by atoms with E-state index in [9.17, 15) is 14.4 Å². The molecular formula is C20H23NO5S. The molecule has 27 heavy (non-hydrogen) atoms. The molecular weight excluding hydrogens is 366 g/mol. The molecule has 1 N–H and O–H groups in total. The maximum atomic E-state index is 12.6. The van der Waals surface area contributed by atoms with Crippen molar-refractivity contribution < 1.29 is 23.9 Å². The van der Waals surface area contributed by atoms with Gasteiger partial charge in [-0.3, -0.25) is 4.79 Å². The van der Waals surface area contributed by atoms with E-state index in [0.29, 0.717) is 11.1 Å². The monoisotopic (exact) mass is 389 g/mol. The molecule has 0 saturated heterocycles. The van der Waals surface area contributed by atoms with Crippen molar-refractivity contribution in [3.05, 3.63) is 51.4 Å². The summed E-state index contributed by atoms with van der Waals surface area (Å²) in [6.45, 7) is 8.93. The Labute approximate surface area is 162 Å². The summed E-state index contributed by atoms with van der Waals surface area (Å²) < 4.78 is 10.3. The van der Waals surface area contributed by atoms with Gasteiger partial charge in [0.15, 0.2) is 0 Å². The lowest BCUT2D eigenvalue weighted by Gasteiger charge is -2.07. The molecule has 0 bridgehead atoms. The predicted octanol–water partition coefficient (Wildman–Crippen LogP) is 4.36. The number of anilines is 1. The zero-order valence-corrected chi connectivity index (χ0v) is 16.9. The average molecular weight is 389 g/mol. The molecule has 7 heteroatoms. The van der Waals surface area contributed by atoms with Crippen LogP contribution in [0.15, 0.2) is 24.3 Å². The maximum absolute atomic E-state index is 12.6. The molecule has 0 aliphatic heterocycles. The largest absolute Gasteiger partial charge is 0.462 e. The van der Waals surface area contributed by atoms with Gasteiger partial charge in [0.1, 0.15) is 9.88 Å². The Morgan fingerprint density at radius 1 is 1.07 bits per heavy atom. The van der Waals surface area contributed by atoms with Crippen LogP contribution in [-0.2, 0) is 9.47 Å². The topological polar surface area (TPSA) is 81.7 Å². The number of amides is 1. The Morgan fingerprint density at radius 2 is 1.70 bits per heavy atom. The normalized spacial score (nSPS) is 10.6. The lowest BCUT2D eigenvalue weighted by Crippen LogP contribution is -2.15. The first-order chi connectivity index (χ1) is 12.7. The fourth-order valence-corrected chi connectivity index (χ4v) is 3.47. The Hall–Kier alpha value is -2.67. The first-order valence-electron chi connectivity index (χ1n) is 8.64. The molecule has 0 unspecified atom stereocenters. The number of benzene rings is 1. The van der Waals surface area contributed by atoms with Crippen molar-refractivity contribution in [3.8, 4) is 0 Å². The third kappa shape index (κ3) is 4.95. The van der Waals surface area contributed by atoms with Gasteiger partial charge >= 0.3 is 11.9 Å². The molecule has 0 aliphatic carbocycles. The second-order valence-corrected chi connectivity index (χ2v) is 7.28. The number of carbonyl (C=O) groups is 3. The molecule has 6 nitrogen and oxygen atoms in total. The first kappa shape index (κ1) is 20.6. The van der Waals surface area contributed by atoms with Crippen molar-refractivity contribution in [2.24, 2.45) is 0 Å². The molecule has 1 heterocycles. The van der Waals surface area contributed by atoms with Crippen LogP contribution in [0.1, 0.15) is 62.3 Å². The molecule has 1 amide bonds. The summed E-state index contributed by atoms with van der Waals surface area (Å²) in [4.78, 5) is 37.5. The van der Waals surface area contributed by atoms with E-state index in [1.807, 2.05) is 19.1 Å². The van der Waals surface area contributed by atoms with Gasteiger partial charge in [0.05, 0.1) is 18.3 Å². The molecule has 0 atom stereocenters. The van der Waals surface area contributed by atoms with Crippen LogP contribution in [-0.4, -0.2) is 30.6 Å². The van der Waals surface area contributed by atoms with Gasteiger partial charge in [-0.05, 0) is 52.3 Å². The minimum Gasteiger partial charge on any atom is -0.462 e. The lowest BCUT2D eigenvalue weighted by molar-refractivity contribution is 0.0383.